The van der Waals surface area contributed by atoms with Crippen LogP contribution in [0.2, 0.25) is 0 Å². The minimum absolute atomic E-state index is 0.0309. The highest BCUT2D eigenvalue weighted by molar-refractivity contribution is 7.81. The molecule has 11 heteroatoms. The number of anilines is 1. The van der Waals surface area contributed by atoms with Crippen LogP contribution in [0.3, 0.4) is 0 Å². The first-order valence-electron chi connectivity index (χ1n) is 9.86. The zero-order chi connectivity index (χ0) is 24.8. The lowest BCUT2D eigenvalue weighted by atomic mass is 10.1. The van der Waals surface area contributed by atoms with Gasteiger partial charge in [-0.25, -0.2) is 0 Å². The van der Waals surface area contributed by atoms with Crippen molar-refractivity contribution < 1.29 is 33.2 Å². The molecule has 0 amide bonds. The minimum atomic E-state index is -2.96. The van der Waals surface area contributed by atoms with E-state index in [9.17, 15) is 29.1 Å². The van der Waals surface area contributed by atoms with Crippen LogP contribution in [-0.4, -0.2) is 26.7 Å². The monoisotopic (exact) mass is 488 g/mol. The molecule has 0 atom stereocenters. The lowest BCUT2D eigenvalue weighted by Crippen LogP contribution is -2.39. The summed E-state index contributed by atoms with van der Waals surface area (Å²) in [6.07, 6.45) is 3.13. The van der Waals surface area contributed by atoms with E-state index >= 15 is 0 Å². The average molecular weight is 488 g/mol. The van der Waals surface area contributed by atoms with Gasteiger partial charge in [-0.3, -0.25) is 10.1 Å². The standard InChI is InChI=1S/C23H19F2N3O5S/c1-14-4-5-16(11-19(14)28(31)32)21(30)20(27-10-2-3-15(12-27)13-29)22(34)26-17-6-8-18(9-7-17)33-23(24)25/h2-12,23,29H,13H2,1H3,(H-,26,30,34)/p+1. The normalized spacial score (nSPS) is 11.7. The fraction of sp³-hybridized carbons (Fsp3) is 0.130. The molecule has 0 saturated carbocycles. The smallest absolute Gasteiger partial charge is 0.387 e. The van der Waals surface area contributed by atoms with E-state index in [0.717, 1.165) is 0 Å². The Kier molecular flexibility index (Phi) is 7.82. The summed E-state index contributed by atoms with van der Waals surface area (Å²) < 4.78 is 30.6. The van der Waals surface area contributed by atoms with Crippen molar-refractivity contribution in [2.24, 2.45) is 0 Å². The second-order valence-corrected chi connectivity index (χ2v) is 7.50. The number of thiocarbonyl (C=S) groups is 1. The summed E-state index contributed by atoms with van der Waals surface area (Å²) in [6.45, 7) is -1.65. The summed E-state index contributed by atoms with van der Waals surface area (Å²) in [7, 11) is 0. The molecule has 0 aliphatic heterocycles. The van der Waals surface area contributed by atoms with Crippen LogP contribution in [0.5, 0.6) is 5.75 Å². The average Bonchev–Trinajstić information content (AvgIpc) is 2.80. The van der Waals surface area contributed by atoms with Gasteiger partial charge in [-0.15, -0.1) is 0 Å². The summed E-state index contributed by atoms with van der Waals surface area (Å²) >= 11 is 5.51. The molecule has 0 aliphatic rings. The number of nitro benzene ring substituents is 1. The maximum atomic E-state index is 12.4. The van der Waals surface area contributed by atoms with Gasteiger partial charge in [0, 0.05) is 34.5 Å². The molecule has 1 aromatic heterocycles. The minimum Gasteiger partial charge on any atom is -0.502 e. The number of aromatic nitrogens is 1. The Morgan fingerprint density at radius 3 is 2.56 bits per heavy atom. The first-order valence-corrected chi connectivity index (χ1v) is 10.3. The predicted octanol–water partition coefficient (Wildman–Crippen LogP) is 4.61. The number of nitrogens with one attached hydrogen (secondary N) is 1. The first kappa shape index (κ1) is 24.7. The van der Waals surface area contributed by atoms with Crippen LogP contribution in [0.25, 0.3) is 11.5 Å². The Morgan fingerprint density at radius 2 is 1.94 bits per heavy atom. The Balaban J connectivity index is 2.06. The van der Waals surface area contributed by atoms with Gasteiger partial charge in [0.05, 0.1) is 11.5 Å². The number of aliphatic hydroxyl groups excluding tert-OH is 2. The van der Waals surface area contributed by atoms with E-state index in [1.807, 2.05) is 0 Å². The molecule has 3 N–H and O–H groups in total. The molecule has 0 radical (unpaired) electrons. The maximum Gasteiger partial charge on any atom is 0.387 e. The number of rotatable bonds is 8. The largest absolute Gasteiger partial charge is 0.502 e. The third-order valence-corrected chi connectivity index (χ3v) is 5.05. The number of hydrogen-bond acceptors (Lipinski definition) is 6. The number of hydrogen-bond donors (Lipinski definition) is 3. The van der Waals surface area contributed by atoms with Crippen LogP contribution >= 0.6 is 12.2 Å². The summed E-state index contributed by atoms with van der Waals surface area (Å²) in [5.41, 5.74) is 1.43. The number of benzene rings is 2. The van der Waals surface area contributed by atoms with Gasteiger partial charge in [0.2, 0.25) is 0 Å². The van der Waals surface area contributed by atoms with Crippen molar-refractivity contribution >= 4 is 40.0 Å². The zero-order valence-corrected chi connectivity index (χ0v) is 18.6. The van der Waals surface area contributed by atoms with E-state index in [2.05, 4.69) is 10.1 Å². The maximum absolute atomic E-state index is 12.4. The van der Waals surface area contributed by atoms with E-state index in [1.165, 1.54) is 47.0 Å². The number of pyridine rings is 1. The fourth-order valence-electron chi connectivity index (χ4n) is 3.10. The quantitative estimate of drug-likeness (QED) is 0.106. The Labute approximate surface area is 198 Å². The molecule has 176 valence electrons. The van der Waals surface area contributed by atoms with Gasteiger partial charge in [0.15, 0.2) is 23.1 Å². The molecular weight excluding hydrogens is 468 g/mol. The van der Waals surface area contributed by atoms with Crippen molar-refractivity contribution in [1.29, 1.82) is 0 Å². The van der Waals surface area contributed by atoms with Crippen molar-refractivity contribution in [3.05, 3.63) is 93.8 Å². The molecule has 3 rings (SSSR count). The van der Waals surface area contributed by atoms with Crippen molar-refractivity contribution in [1.82, 2.24) is 0 Å². The topological polar surface area (TPSA) is 109 Å². The van der Waals surface area contributed by atoms with Gasteiger partial charge < -0.3 is 20.3 Å². The van der Waals surface area contributed by atoms with E-state index in [4.69, 9.17) is 12.2 Å². The summed E-state index contributed by atoms with van der Waals surface area (Å²) in [5.74, 6) is -0.389. The molecule has 2 aromatic carbocycles. The molecule has 8 nitrogen and oxygen atoms in total. The summed E-state index contributed by atoms with van der Waals surface area (Å²) in [5, 5.41) is 34.9. The predicted molar refractivity (Wildman–Crippen MR) is 125 cm³/mol. The van der Waals surface area contributed by atoms with E-state index in [0.29, 0.717) is 16.8 Å². The van der Waals surface area contributed by atoms with Crippen molar-refractivity contribution in [2.45, 2.75) is 20.1 Å². The van der Waals surface area contributed by atoms with Gasteiger partial charge in [-0.1, -0.05) is 24.4 Å². The summed E-state index contributed by atoms with van der Waals surface area (Å²) in [6, 6.07) is 13.1. The molecule has 34 heavy (non-hydrogen) atoms. The number of aryl methyl sites for hydroxylation is 1. The van der Waals surface area contributed by atoms with Gasteiger partial charge in [0.25, 0.3) is 11.4 Å². The van der Waals surface area contributed by atoms with Crippen LogP contribution in [-0.2, 0) is 6.61 Å². The molecule has 0 aliphatic carbocycles. The lowest BCUT2D eigenvalue weighted by Gasteiger charge is -2.12. The van der Waals surface area contributed by atoms with Gasteiger partial charge in [-0.2, -0.15) is 13.3 Å². The van der Waals surface area contributed by atoms with Crippen LogP contribution < -0.4 is 14.6 Å². The Bertz CT molecular complexity index is 1250. The molecule has 0 bridgehead atoms. The number of nitro groups is 1. The van der Waals surface area contributed by atoms with E-state index in [-0.39, 0.29) is 40.1 Å². The van der Waals surface area contributed by atoms with Crippen LogP contribution in [0.1, 0.15) is 16.7 Å². The van der Waals surface area contributed by atoms with Gasteiger partial charge in [0.1, 0.15) is 5.75 Å². The Hall–Kier alpha value is -3.96. The lowest BCUT2D eigenvalue weighted by molar-refractivity contribution is -0.576. The van der Waals surface area contributed by atoms with Crippen LogP contribution in [0, 0.1) is 17.0 Å². The molecule has 0 fully saturated rings. The molecule has 0 unspecified atom stereocenters. The second kappa shape index (κ2) is 10.8. The zero-order valence-electron chi connectivity index (χ0n) is 17.8. The van der Waals surface area contributed by atoms with Gasteiger partial charge >= 0.3 is 6.61 Å². The van der Waals surface area contributed by atoms with Crippen LogP contribution in [0.4, 0.5) is 20.2 Å². The van der Waals surface area contributed by atoms with Crippen molar-refractivity contribution in [3.63, 3.8) is 0 Å². The van der Waals surface area contributed by atoms with E-state index in [1.54, 1.807) is 31.5 Å². The fourth-order valence-corrected chi connectivity index (χ4v) is 3.42. The third kappa shape index (κ3) is 5.88. The first-order chi connectivity index (χ1) is 16.2. The number of nitrogens with zero attached hydrogens (tertiary/aromatic N) is 2. The third-order valence-electron chi connectivity index (χ3n) is 4.76. The molecular formula is C23H20F2N3O5S+. The van der Waals surface area contributed by atoms with E-state index < -0.39 is 11.5 Å². The van der Waals surface area contributed by atoms with Crippen molar-refractivity contribution in [2.75, 3.05) is 5.32 Å². The summed E-state index contributed by atoms with van der Waals surface area (Å²) in [4.78, 5) is 10.8. The van der Waals surface area contributed by atoms with Gasteiger partial charge in [-0.05, 0) is 37.3 Å². The Morgan fingerprint density at radius 1 is 1.24 bits per heavy atom. The highest BCUT2D eigenvalue weighted by Crippen LogP contribution is 2.26. The highest BCUT2D eigenvalue weighted by atomic mass is 32.1. The van der Waals surface area contributed by atoms with Crippen LogP contribution in [0.15, 0.2) is 67.0 Å². The second-order valence-electron chi connectivity index (χ2n) is 7.09. The highest BCUT2D eigenvalue weighted by Gasteiger charge is 2.26. The number of ether oxygens (including phenoxy) is 1. The molecule has 3 aromatic rings. The molecule has 0 saturated heterocycles. The number of alkyl halides is 2. The SMILES string of the molecule is Cc1ccc(/C(O)=C(/C(=S)Nc2ccc(OC(F)F)cc2)[n+]2cccc(CO)c2)cc1[N+](=O)[O-]. The number of halogens is 2. The molecule has 0 spiro atoms. The molecule has 1 heterocycles. The number of aliphatic hydroxyl groups is 2. The van der Waals surface area contributed by atoms with Crippen molar-refractivity contribution in [3.8, 4) is 5.75 Å².